The highest BCUT2D eigenvalue weighted by atomic mass is 32.2. The van der Waals surface area contributed by atoms with Crippen LogP contribution in [0.25, 0.3) is 0 Å². The molecule has 0 radical (unpaired) electrons. The molecule has 4 amide bonds. The summed E-state index contributed by atoms with van der Waals surface area (Å²) in [5, 5.41) is 9.45. The molecule has 0 saturated carbocycles. The van der Waals surface area contributed by atoms with E-state index >= 15 is 0 Å². The number of hydrogen-bond donors (Lipinski definition) is 2. The first-order valence-corrected chi connectivity index (χ1v) is 9.56. The van der Waals surface area contributed by atoms with E-state index in [1.165, 1.54) is 34.9 Å². The molecule has 0 spiro atoms. The van der Waals surface area contributed by atoms with Crippen molar-refractivity contribution < 1.29 is 14.4 Å². The first kappa shape index (κ1) is 19.7. The Kier molecular flexibility index (Phi) is 8.34. The molecule has 128 valence electrons. The largest absolute Gasteiger partial charge is 0.351 e. The third kappa shape index (κ3) is 6.75. The summed E-state index contributed by atoms with van der Waals surface area (Å²) >= 11 is 3.80. The number of nitrogens with zero attached hydrogens (tertiary/aromatic N) is 3. The van der Waals surface area contributed by atoms with E-state index < -0.39 is 17.2 Å². The Labute approximate surface area is 147 Å². The third-order valence-electron chi connectivity index (χ3n) is 2.72. The van der Waals surface area contributed by atoms with Crippen LogP contribution in [0.2, 0.25) is 0 Å². The highest BCUT2D eigenvalue weighted by Gasteiger charge is 2.19. The molecule has 1 rings (SSSR count). The Morgan fingerprint density at radius 2 is 1.87 bits per heavy atom. The second-order valence-corrected chi connectivity index (χ2v) is 8.09. The van der Waals surface area contributed by atoms with Crippen LogP contribution >= 0.6 is 34.9 Å². The average Bonchev–Trinajstić information content (AvgIpc) is 2.93. The van der Waals surface area contributed by atoms with Gasteiger partial charge in [-0.2, -0.15) is 0 Å². The van der Waals surface area contributed by atoms with E-state index in [1.807, 2.05) is 19.2 Å². The van der Waals surface area contributed by atoms with Crippen molar-refractivity contribution >= 4 is 52.7 Å². The number of amides is 4. The topological polar surface area (TPSA) is 118 Å². The molecule has 0 aromatic carbocycles. The molecule has 0 aliphatic rings. The normalized spacial score (nSPS) is 11.8. The Balaban J connectivity index is 2.50. The van der Waals surface area contributed by atoms with Crippen LogP contribution in [0.3, 0.4) is 0 Å². The second kappa shape index (κ2) is 9.73. The van der Waals surface area contributed by atoms with E-state index in [2.05, 4.69) is 10.2 Å². The molecule has 1 atom stereocenters. The van der Waals surface area contributed by atoms with Gasteiger partial charge in [-0.1, -0.05) is 34.9 Å². The Morgan fingerprint density at radius 3 is 2.43 bits per heavy atom. The summed E-state index contributed by atoms with van der Waals surface area (Å²) in [6.45, 7) is 6.87. The minimum absolute atomic E-state index is 0.0543. The van der Waals surface area contributed by atoms with Gasteiger partial charge in [-0.3, -0.25) is 14.9 Å². The summed E-state index contributed by atoms with van der Waals surface area (Å²) in [6, 6.07) is -0.883. The molecule has 0 aliphatic carbocycles. The van der Waals surface area contributed by atoms with Crippen LogP contribution < -0.4 is 11.1 Å². The molecule has 8 nitrogen and oxygen atoms in total. The molecule has 1 aromatic heterocycles. The van der Waals surface area contributed by atoms with Gasteiger partial charge in [0.15, 0.2) is 8.68 Å². The molecule has 0 bridgehead atoms. The average molecular weight is 378 g/mol. The van der Waals surface area contributed by atoms with E-state index in [4.69, 9.17) is 5.73 Å². The predicted molar refractivity (Wildman–Crippen MR) is 91.6 cm³/mol. The number of urea groups is 1. The molecular weight excluding hydrogens is 358 g/mol. The van der Waals surface area contributed by atoms with Crippen LogP contribution in [-0.4, -0.2) is 57.0 Å². The number of nitrogens with two attached hydrogens (primary N) is 1. The smallest absolute Gasteiger partial charge is 0.318 e. The van der Waals surface area contributed by atoms with Crippen molar-refractivity contribution in [3.8, 4) is 0 Å². The van der Waals surface area contributed by atoms with Crippen molar-refractivity contribution in [2.75, 3.05) is 18.8 Å². The molecular formula is C12H19N5O3S3. The maximum absolute atomic E-state index is 11.9. The molecule has 1 heterocycles. The SMILES string of the molecule is CCN(CC)C(=O)CSc1nnc(SC(C)C(=O)NC(N)=O)s1. The lowest BCUT2D eigenvalue weighted by molar-refractivity contribution is -0.128. The lowest BCUT2D eigenvalue weighted by Crippen LogP contribution is -2.39. The predicted octanol–water partition coefficient (Wildman–Crippen LogP) is 1.17. The number of primary amides is 1. The number of hydrogen-bond acceptors (Lipinski definition) is 8. The minimum atomic E-state index is -0.883. The Bertz CT molecular complexity index is 562. The summed E-state index contributed by atoms with van der Waals surface area (Å²) in [6.07, 6.45) is 0. The zero-order valence-electron chi connectivity index (χ0n) is 13.1. The maximum Gasteiger partial charge on any atom is 0.318 e. The first-order chi connectivity index (χ1) is 10.9. The van der Waals surface area contributed by atoms with E-state index in [0.29, 0.717) is 27.5 Å². The number of nitrogens with one attached hydrogen (secondary N) is 1. The number of imide groups is 1. The fourth-order valence-electron chi connectivity index (χ4n) is 1.52. The van der Waals surface area contributed by atoms with Crippen molar-refractivity contribution in [2.24, 2.45) is 5.73 Å². The highest BCUT2D eigenvalue weighted by Crippen LogP contribution is 2.31. The summed E-state index contributed by atoms with van der Waals surface area (Å²) in [4.78, 5) is 35.9. The van der Waals surface area contributed by atoms with Gasteiger partial charge in [-0.05, 0) is 20.8 Å². The summed E-state index contributed by atoms with van der Waals surface area (Å²) in [7, 11) is 0. The van der Waals surface area contributed by atoms with Crippen LogP contribution in [0.1, 0.15) is 20.8 Å². The Hall–Kier alpha value is -1.33. The van der Waals surface area contributed by atoms with Gasteiger partial charge >= 0.3 is 6.03 Å². The van der Waals surface area contributed by atoms with Gasteiger partial charge in [0.25, 0.3) is 0 Å². The number of carbonyl (C=O) groups is 3. The van der Waals surface area contributed by atoms with Crippen LogP contribution in [0.5, 0.6) is 0 Å². The van der Waals surface area contributed by atoms with Gasteiger partial charge in [0.2, 0.25) is 11.8 Å². The third-order valence-corrected chi connectivity index (χ3v) is 5.94. The molecule has 23 heavy (non-hydrogen) atoms. The van der Waals surface area contributed by atoms with Gasteiger partial charge in [0, 0.05) is 13.1 Å². The van der Waals surface area contributed by atoms with Crippen molar-refractivity contribution in [3.63, 3.8) is 0 Å². The van der Waals surface area contributed by atoms with Gasteiger partial charge in [0.1, 0.15) is 0 Å². The van der Waals surface area contributed by atoms with Crippen LogP contribution in [0, 0.1) is 0 Å². The van der Waals surface area contributed by atoms with Crippen molar-refractivity contribution in [2.45, 2.75) is 34.7 Å². The molecule has 0 saturated heterocycles. The zero-order chi connectivity index (χ0) is 17.4. The van der Waals surface area contributed by atoms with Crippen molar-refractivity contribution in [3.05, 3.63) is 0 Å². The molecule has 1 aromatic rings. The van der Waals surface area contributed by atoms with E-state index in [1.54, 1.807) is 11.8 Å². The number of rotatable bonds is 8. The molecule has 0 fully saturated rings. The summed E-state index contributed by atoms with van der Waals surface area (Å²) < 4.78 is 1.26. The molecule has 3 N–H and O–H groups in total. The lowest BCUT2D eigenvalue weighted by atomic mass is 10.4. The van der Waals surface area contributed by atoms with Gasteiger partial charge < -0.3 is 10.6 Å². The first-order valence-electron chi connectivity index (χ1n) is 6.88. The van der Waals surface area contributed by atoms with Crippen LogP contribution in [0.4, 0.5) is 4.79 Å². The maximum atomic E-state index is 11.9. The Morgan fingerprint density at radius 1 is 1.26 bits per heavy atom. The zero-order valence-corrected chi connectivity index (χ0v) is 15.5. The quantitative estimate of drug-likeness (QED) is 0.653. The fourth-order valence-corrected chi connectivity index (χ4v) is 4.59. The summed E-state index contributed by atoms with van der Waals surface area (Å²) in [5.41, 5.74) is 4.90. The molecule has 0 aliphatic heterocycles. The minimum Gasteiger partial charge on any atom is -0.351 e. The van der Waals surface area contributed by atoms with Gasteiger partial charge in [-0.15, -0.1) is 10.2 Å². The standard InChI is InChI=1S/C12H19N5O3S3/c1-4-17(5-2)8(18)6-21-11-15-16-12(23-11)22-7(3)9(19)14-10(13)20/h7H,4-6H2,1-3H3,(H3,13,14,19,20). The number of carbonyl (C=O) groups excluding carboxylic acids is 3. The molecule has 1 unspecified atom stereocenters. The van der Waals surface area contributed by atoms with Crippen molar-refractivity contribution in [1.29, 1.82) is 0 Å². The van der Waals surface area contributed by atoms with Gasteiger partial charge in [-0.25, -0.2) is 4.79 Å². The van der Waals surface area contributed by atoms with E-state index in [-0.39, 0.29) is 5.91 Å². The highest BCUT2D eigenvalue weighted by molar-refractivity contribution is 8.04. The van der Waals surface area contributed by atoms with Crippen molar-refractivity contribution in [1.82, 2.24) is 20.4 Å². The van der Waals surface area contributed by atoms with E-state index in [9.17, 15) is 14.4 Å². The molecule has 11 heteroatoms. The fraction of sp³-hybridized carbons (Fsp3) is 0.583. The van der Waals surface area contributed by atoms with Gasteiger partial charge in [0.05, 0.1) is 11.0 Å². The van der Waals surface area contributed by atoms with Crippen LogP contribution in [0.15, 0.2) is 8.68 Å². The number of thioether (sulfide) groups is 2. The number of aromatic nitrogens is 2. The van der Waals surface area contributed by atoms with E-state index in [0.717, 1.165) is 0 Å². The summed E-state index contributed by atoms with van der Waals surface area (Å²) in [5.74, 6) is -0.124. The van der Waals surface area contributed by atoms with Crippen LogP contribution in [-0.2, 0) is 9.59 Å². The monoisotopic (exact) mass is 377 g/mol. The lowest BCUT2D eigenvalue weighted by Gasteiger charge is -2.17. The second-order valence-electron chi connectivity index (χ2n) is 4.30.